The van der Waals surface area contributed by atoms with Crippen LogP contribution in [0.15, 0.2) is 147 Å². The summed E-state index contributed by atoms with van der Waals surface area (Å²) in [5, 5.41) is 23.7. The Morgan fingerprint density at radius 1 is 0.355 bits per heavy atom. The normalized spacial score (nSPS) is 18.4. The van der Waals surface area contributed by atoms with Crippen molar-refractivity contribution in [2.24, 2.45) is 0 Å². The quantitative estimate of drug-likeness (QED) is 0.0672. The summed E-state index contributed by atoms with van der Waals surface area (Å²) >= 11 is 0. The van der Waals surface area contributed by atoms with E-state index < -0.39 is 0 Å². The molecule has 0 unspecified atom stereocenters. The van der Waals surface area contributed by atoms with Gasteiger partial charge in [-0.25, -0.2) is 43.4 Å². The predicted octanol–water partition coefficient (Wildman–Crippen LogP) is 9.78. The maximum absolute atomic E-state index is 12.2. The lowest BCUT2D eigenvalue weighted by atomic mass is 10.1. The van der Waals surface area contributed by atoms with Crippen molar-refractivity contribution in [3.63, 3.8) is 0 Å². The minimum Gasteiger partial charge on any atom is -0.450 e. The van der Waals surface area contributed by atoms with Crippen molar-refractivity contribution in [3.05, 3.63) is 147 Å². The summed E-state index contributed by atoms with van der Waals surface area (Å²) in [4.78, 5) is 124. The summed E-state index contributed by atoms with van der Waals surface area (Å²) in [5.41, 5.74) is 8.54. The molecule has 15 rings (SSSR count). The molecular formula is C85H113N27O9. The molecular weight excluding hydrogens is 1540 g/mol. The molecule has 12 heterocycles. The molecule has 0 aliphatic carbocycles. The molecule has 6 aromatic heterocycles. The Hall–Kier alpha value is -13.1. The number of anilines is 12. The number of nitrogens with one attached hydrogen (secondary N) is 3. The van der Waals surface area contributed by atoms with Gasteiger partial charge in [0.1, 0.15) is 36.4 Å². The maximum Gasteiger partial charge on any atom is 0.410 e. The smallest absolute Gasteiger partial charge is 0.410 e. The maximum atomic E-state index is 12.2. The van der Waals surface area contributed by atoms with E-state index in [0.29, 0.717) is 70.3 Å². The Morgan fingerprint density at radius 2 is 0.661 bits per heavy atom. The van der Waals surface area contributed by atoms with Crippen molar-refractivity contribution in [3.8, 4) is 17.1 Å². The van der Waals surface area contributed by atoms with E-state index in [4.69, 9.17) is 14.2 Å². The summed E-state index contributed by atoms with van der Waals surface area (Å²) < 4.78 is 20.9. The molecule has 3 aromatic carbocycles. The van der Waals surface area contributed by atoms with Crippen LogP contribution in [0.3, 0.4) is 0 Å². The van der Waals surface area contributed by atoms with Gasteiger partial charge < -0.3 is 89.0 Å². The molecule has 0 radical (unpaired) electrons. The highest BCUT2D eigenvalue weighted by Crippen LogP contribution is 2.30. The first-order chi connectivity index (χ1) is 58.3. The zero-order valence-electron chi connectivity index (χ0n) is 71.3. The second kappa shape index (κ2) is 39.7. The van der Waals surface area contributed by atoms with Gasteiger partial charge in [0.25, 0.3) is 0 Å². The topological polar surface area (TPSA) is 336 Å². The summed E-state index contributed by atoms with van der Waals surface area (Å²) in [6.07, 6.45) is 10.3. The summed E-state index contributed by atoms with van der Waals surface area (Å²) in [5.74, 6) is 4.36. The number of hydrogen-bond donors (Lipinski definition) is 3. The number of hydrogen-bond acceptors (Lipinski definition) is 27. The summed E-state index contributed by atoms with van der Waals surface area (Å²) in [6, 6.07) is 36.5. The first-order valence-corrected chi connectivity index (χ1v) is 41.8. The predicted molar refractivity (Wildman–Crippen MR) is 465 cm³/mol. The second-order valence-electron chi connectivity index (χ2n) is 31.6. The molecule has 4 atom stereocenters. The Bertz CT molecular complexity index is 4920. The van der Waals surface area contributed by atoms with Crippen LogP contribution in [0.1, 0.15) is 89.5 Å². The lowest BCUT2D eigenvalue weighted by Gasteiger charge is -2.44. The van der Waals surface area contributed by atoms with Crippen LogP contribution in [0.5, 0.6) is 0 Å². The van der Waals surface area contributed by atoms with Gasteiger partial charge in [0.2, 0.25) is 35.6 Å². The van der Waals surface area contributed by atoms with Crippen LogP contribution in [0.2, 0.25) is 0 Å². The van der Waals surface area contributed by atoms with E-state index in [2.05, 4.69) is 155 Å². The number of rotatable bonds is 18. The number of aromatic nitrogens is 12. The second-order valence-corrected chi connectivity index (χ2v) is 31.6. The van der Waals surface area contributed by atoms with Crippen molar-refractivity contribution >= 4 is 105 Å². The van der Waals surface area contributed by atoms with Crippen LogP contribution in [-0.4, -0.2) is 299 Å². The standard InChI is InChI=1S/C29H39N9O3.2C28H37N9O3/c1-20(2)41-29(40)35-14-12-34(13-15-35)25-8-6-24(7-9-25)32-28-31-19-37(33-28)26-10-11-30-27(16-26)36-17-21(3)38(23(5)39)22(4)18-36;1-21(2)40-28(39)36-17-14-34(15-18-36)24-7-5-23(6-8-24)31-27-30-20-37(32-27)25-9-10-29-26(19-25)35-12-4-11-33(13-16-35)22(3)38;1-5-40-28(39)34-14-12-33(13-15-34)24-8-6-23(7-9-24)31-27-30-19-36(32-27)25-10-11-29-26(16-25)35-17-20(2)37(22(4)38)21(3)18-35/h6-11,16,19-22H,12-15,17-18H2,1-5H3,(H,32,33);5-10,19-21H,4,11-18H2,1-3H3,(H,31,32);6-11,16,19-21H,5,12-15,17-18H2,1-4H3,(H,31,32)/t21-,22+;;20-,21+. The first kappa shape index (κ1) is 85.8. The Morgan fingerprint density at radius 3 is 0.967 bits per heavy atom. The third-order valence-electron chi connectivity index (χ3n) is 22.0. The fraction of sp³-hybridized carbons (Fsp3) is 0.471. The highest BCUT2D eigenvalue weighted by molar-refractivity contribution is 5.76. The number of nitrogens with zero attached hydrogens (tertiary/aromatic N) is 24. The van der Waals surface area contributed by atoms with E-state index in [-0.39, 0.29) is 72.4 Å². The first-order valence-electron chi connectivity index (χ1n) is 41.8. The van der Waals surface area contributed by atoms with Gasteiger partial charge in [-0.2, -0.15) is 15.0 Å². The highest BCUT2D eigenvalue weighted by atomic mass is 16.6. The molecule has 6 aliphatic rings. The molecule has 6 saturated heterocycles. The molecule has 0 spiro atoms. The van der Waals surface area contributed by atoms with Gasteiger partial charge in [-0.15, -0.1) is 15.3 Å². The van der Waals surface area contributed by atoms with Crippen molar-refractivity contribution in [1.29, 1.82) is 0 Å². The van der Waals surface area contributed by atoms with Gasteiger partial charge in [-0.05, 0) is 160 Å². The largest absolute Gasteiger partial charge is 0.450 e. The SMILES string of the molecule is CC(=O)N1CCCN(c2cc(-n3cnc(Nc4ccc(N5CCN(C(=O)OC(C)C)CC5)cc4)n3)ccn2)CC1.CC(=O)N1[C@H](C)CN(c2cc(-n3cnc(Nc4ccc(N5CCN(C(=O)OC(C)C)CC5)cc4)n3)ccn2)C[C@@H]1C.CCOC(=O)N1CCN(c2ccc(Nc3ncn(-c4ccnc(N5C[C@@H](C)N(C(C)=O)[C@@H](C)C5)c4)n3)cc2)CC1. The van der Waals surface area contributed by atoms with Crippen molar-refractivity contribution < 1.29 is 43.0 Å². The number of ether oxygens (including phenoxy) is 3. The fourth-order valence-electron chi connectivity index (χ4n) is 16.1. The number of piperazine rings is 5. The average molecular weight is 1660 g/mol. The van der Waals surface area contributed by atoms with Crippen LogP contribution >= 0.6 is 0 Å². The van der Waals surface area contributed by atoms with Gasteiger partial charge in [-0.3, -0.25) is 14.4 Å². The van der Waals surface area contributed by atoms with Gasteiger partial charge in [0.05, 0.1) is 35.9 Å². The lowest BCUT2D eigenvalue weighted by Crippen LogP contribution is -2.58. The fourth-order valence-corrected chi connectivity index (χ4v) is 16.1. The number of carbonyl (C=O) groups excluding carboxylic acids is 6. The van der Waals surface area contributed by atoms with Crippen molar-refractivity contribution in [2.75, 3.05) is 183 Å². The van der Waals surface area contributed by atoms with Gasteiger partial charge in [0.15, 0.2) is 0 Å². The summed E-state index contributed by atoms with van der Waals surface area (Å²) in [7, 11) is 0. The van der Waals surface area contributed by atoms with E-state index in [9.17, 15) is 28.8 Å². The summed E-state index contributed by atoms with van der Waals surface area (Å²) in [6.45, 7) is 37.2. The molecule has 36 nitrogen and oxygen atoms in total. The zero-order chi connectivity index (χ0) is 85.4. The van der Waals surface area contributed by atoms with Crippen molar-refractivity contribution in [1.82, 2.24) is 88.6 Å². The lowest BCUT2D eigenvalue weighted by molar-refractivity contribution is -0.134. The number of carbonyl (C=O) groups is 6. The van der Waals surface area contributed by atoms with Crippen LogP contribution in [0.4, 0.5) is 83.8 Å². The minimum absolute atomic E-state index is 0.104. The Balaban J connectivity index is 0.000000157. The van der Waals surface area contributed by atoms with E-state index >= 15 is 0 Å². The van der Waals surface area contributed by atoms with E-state index in [1.54, 1.807) is 87.1 Å². The van der Waals surface area contributed by atoms with E-state index in [1.165, 1.54) is 0 Å². The molecule has 0 saturated carbocycles. The van der Waals surface area contributed by atoms with Crippen LogP contribution in [-0.2, 0) is 28.6 Å². The van der Waals surface area contributed by atoms with E-state index in [0.717, 1.165) is 160 Å². The molecule has 9 aromatic rings. The van der Waals surface area contributed by atoms with Gasteiger partial charge >= 0.3 is 18.3 Å². The molecule has 121 heavy (non-hydrogen) atoms. The zero-order valence-corrected chi connectivity index (χ0v) is 71.3. The Kier molecular flexibility index (Phi) is 28.1. The van der Waals surface area contributed by atoms with Crippen molar-refractivity contribution in [2.45, 2.75) is 126 Å². The molecule has 3 N–H and O–H groups in total. The minimum atomic E-state index is -0.245. The highest BCUT2D eigenvalue weighted by Gasteiger charge is 2.35. The monoisotopic (exact) mass is 1660 g/mol. The molecule has 6 aliphatic heterocycles. The van der Waals surface area contributed by atoms with E-state index in [1.807, 2.05) is 122 Å². The average Bonchev–Trinajstić information content (AvgIpc) is 1.78. The molecule has 0 bridgehead atoms. The third kappa shape index (κ3) is 22.3. The van der Waals surface area contributed by atoms with Gasteiger partial charge in [0, 0.05) is 247 Å². The van der Waals surface area contributed by atoms with Gasteiger partial charge in [-0.1, -0.05) is 0 Å². The molecule has 36 heteroatoms. The van der Waals surface area contributed by atoms with Crippen LogP contribution in [0.25, 0.3) is 17.1 Å². The number of benzene rings is 3. The Labute approximate surface area is 706 Å². The molecule has 6 fully saturated rings. The molecule has 6 amide bonds. The van der Waals surface area contributed by atoms with Crippen LogP contribution < -0.4 is 45.3 Å². The number of pyridine rings is 3. The third-order valence-corrected chi connectivity index (χ3v) is 22.0. The number of amides is 6. The van der Waals surface area contributed by atoms with Crippen LogP contribution in [0, 0.1) is 0 Å². The molecule has 642 valence electrons.